The van der Waals surface area contributed by atoms with Gasteiger partial charge in [0, 0.05) is 0 Å². The molecule has 0 aliphatic heterocycles. The molecule has 0 aliphatic rings. The van der Waals surface area contributed by atoms with Gasteiger partial charge in [-0.05, 0) is 0 Å². The normalized spacial score (nSPS) is 7.40. The number of hydrogen-bond acceptors (Lipinski definition) is 2. The van der Waals surface area contributed by atoms with Crippen molar-refractivity contribution < 1.29 is 23.2 Å². The molecule has 0 atom stereocenters. The predicted octanol–water partition coefficient (Wildman–Crippen LogP) is -0.302. The van der Waals surface area contributed by atoms with Crippen LogP contribution in [0.1, 0.15) is 0 Å². The SMILES string of the molecule is C[O][Co]=[C]=O. The maximum absolute atomic E-state index is 9.14. The van der Waals surface area contributed by atoms with Crippen LogP contribution in [0.4, 0.5) is 0 Å². The second kappa shape index (κ2) is 4.05. The molecule has 0 heterocycles. The fourth-order valence-electron chi connectivity index (χ4n) is 0.0278. The van der Waals surface area contributed by atoms with E-state index < -0.39 is 0 Å². The summed E-state index contributed by atoms with van der Waals surface area (Å²) >= 11 is 0.299. The number of rotatable bonds is 1. The summed E-state index contributed by atoms with van der Waals surface area (Å²) in [6, 6.07) is 0. The van der Waals surface area contributed by atoms with Crippen LogP contribution in [0.15, 0.2) is 0 Å². The van der Waals surface area contributed by atoms with Gasteiger partial charge in [-0.1, -0.05) is 0 Å². The Balaban J connectivity index is 2.93. The van der Waals surface area contributed by atoms with Gasteiger partial charge in [0.15, 0.2) is 0 Å². The molecule has 0 rings (SSSR count). The second-order valence-electron chi connectivity index (χ2n) is 0.272. The molecule has 0 fully saturated rings. The summed E-state index contributed by atoms with van der Waals surface area (Å²) in [6.45, 7) is 0. The van der Waals surface area contributed by atoms with Gasteiger partial charge in [-0.25, -0.2) is 0 Å². The van der Waals surface area contributed by atoms with E-state index in [4.69, 9.17) is 4.79 Å². The summed E-state index contributed by atoms with van der Waals surface area (Å²) in [5.41, 5.74) is 0. The van der Waals surface area contributed by atoms with Crippen LogP contribution in [0.25, 0.3) is 0 Å². The van der Waals surface area contributed by atoms with Crippen molar-refractivity contribution in [1.82, 2.24) is 0 Å². The van der Waals surface area contributed by atoms with Crippen molar-refractivity contribution in [3.63, 3.8) is 0 Å². The zero-order chi connectivity index (χ0) is 4.12. The zero-order valence-corrected chi connectivity index (χ0v) is 3.69. The molecule has 0 spiro atoms. The third kappa shape index (κ3) is 4.05. The van der Waals surface area contributed by atoms with Gasteiger partial charge in [0.1, 0.15) is 0 Å². The fraction of sp³-hybridized carbons (Fsp3) is 0.500. The molecular formula is C2H3CoO2. The van der Waals surface area contributed by atoms with E-state index in [1.54, 1.807) is 0 Å². The van der Waals surface area contributed by atoms with Gasteiger partial charge < -0.3 is 0 Å². The Labute approximate surface area is 36.0 Å². The van der Waals surface area contributed by atoms with E-state index in [-0.39, 0.29) is 0 Å². The van der Waals surface area contributed by atoms with Crippen LogP contribution in [0.5, 0.6) is 0 Å². The zero-order valence-electron chi connectivity index (χ0n) is 2.65. The van der Waals surface area contributed by atoms with Crippen LogP contribution < -0.4 is 0 Å². The Morgan fingerprint density at radius 2 is 2.60 bits per heavy atom. The van der Waals surface area contributed by atoms with Crippen molar-refractivity contribution in [1.29, 1.82) is 0 Å². The fourth-order valence-corrected chi connectivity index (χ4v) is 0.115. The molecule has 5 heavy (non-hydrogen) atoms. The van der Waals surface area contributed by atoms with E-state index in [9.17, 15) is 0 Å². The van der Waals surface area contributed by atoms with E-state index in [0.29, 0.717) is 14.6 Å². The summed E-state index contributed by atoms with van der Waals surface area (Å²) in [5.74, 6) is 0. The Morgan fingerprint density at radius 1 is 2.00 bits per heavy atom. The van der Waals surface area contributed by atoms with Crippen molar-refractivity contribution in [3.8, 4) is 0 Å². The van der Waals surface area contributed by atoms with E-state index in [1.165, 1.54) is 11.9 Å². The van der Waals surface area contributed by atoms with Gasteiger partial charge in [-0.2, -0.15) is 0 Å². The van der Waals surface area contributed by atoms with Crippen molar-refractivity contribution in [2.45, 2.75) is 0 Å². The molecule has 0 N–H and O–H groups in total. The monoisotopic (exact) mass is 118 g/mol. The van der Waals surface area contributed by atoms with Crippen LogP contribution in [0, 0.1) is 0 Å². The van der Waals surface area contributed by atoms with E-state index in [0.717, 1.165) is 0 Å². The first kappa shape index (κ1) is 5.05. The van der Waals surface area contributed by atoms with Crippen molar-refractivity contribution in [2.24, 2.45) is 0 Å². The Hall–Kier alpha value is 0.0465. The van der Waals surface area contributed by atoms with Crippen molar-refractivity contribution >= 4 is 4.82 Å². The molecule has 0 bridgehead atoms. The molecule has 0 amide bonds. The average molecular weight is 118 g/mol. The standard InChI is InChI=1S/CH3O.CO.Co/c2*1-2;/h1H3;;/q-1;;+1. The third-order valence-electron chi connectivity index (χ3n) is 0.0958. The minimum absolute atomic E-state index is 0.299. The summed E-state index contributed by atoms with van der Waals surface area (Å²) in [7, 11) is 1.44. The van der Waals surface area contributed by atoms with Gasteiger partial charge in [0.25, 0.3) is 0 Å². The molecule has 3 heteroatoms. The van der Waals surface area contributed by atoms with Crippen LogP contribution >= 0.6 is 0 Å². The summed E-state index contributed by atoms with van der Waals surface area (Å²) in [5, 5.41) is 0. The Bertz CT molecular complexity index is 54.7. The van der Waals surface area contributed by atoms with Crippen LogP contribution in [0.3, 0.4) is 0 Å². The molecule has 0 unspecified atom stereocenters. The molecule has 0 aromatic heterocycles. The first-order valence-corrected chi connectivity index (χ1v) is 1.86. The van der Waals surface area contributed by atoms with Crippen LogP contribution in [-0.4, -0.2) is 11.9 Å². The van der Waals surface area contributed by atoms with Gasteiger partial charge in [-0.3, -0.25) is 0 Å². The number of hydrogen-bond donors (Lipinski definition) is 0. The van der Waals surface area contributed by atoms with E-state index >= 15 is 0 Å². The molecule has 0 saturated heterocycles. The molecule has 2 nitrogen and oxygen atoms in total. The Kier molecular flexibility index (Phi) is 4.08. The van der Waals surface area contributed by atoms with Crippen molar-refractivity contribution in [2.75, 3.05) is 7.11 Å². The molecule has 0 radical (unpaired) electrons. The first-order valence-electron chi connectivity index (χ1n) is 0.915. The average Bonchev–Trinajstić information content (AvgIpc) is 1.41. The molecular weight excluding hydrogens is 115 g/mol. The quantitative estimate of drug-likeness (QED) is 0.472. The third-order valence-corrected chi connectivity index (χ3v) is 0.395. The topological polar surface area (TPSA) is 26.3 Å². The van der Waals surface area contributed by atoms with Crippen LogP contribution in [0.2, 0.25) is 0 Å². The molecule has 0 aromatic rings. The van der Waals surface area contributed by atoms with Gasteiger partial charge >= 0.3 is 35.2 Å². The maximum atomic E-state index is 9.14. The molecule has 0 aromatic carbocycles. The van der Waals surface area contributed by atoms with E-state index in [1.807, 2.05) is 0 Å². The Morgan fingerprint density at radius 3 is 2.60 bits per heavy atom. The number of carbonyl (C=O) groups excluding carboxylic acids is 1. The summed E-state index contributed by atoms with van der Waals surface area (Å²) in [6.07, 6.45) is 0. The van der Waals surface area contributed by atoms with Gasteiger partial charge in [0.2, 0.25) is 0 Å². The van der Waals surface area contributed by atoms with Crippen LogP contribution in [-0.2, 0) is 23.2 Å². The summed E-state index contributed by atoms with van der Waals surface area (Å²) in [4.78, 5) is 10.7. The predicted molar refractivity (Wildman–Crippen MR) is 12.7 cm³/mol. The second-order valence-corrected chi connectivity index (χ2v) is 1.12. The van der Waals surface area contributed by atoms with Gasteiger partial charge in [0.05, 0.1) is 0 Å². The first-order chi connectivity index (χ1) is 2.41. The van der Waals surface area contributed by atoms with Gasteiger partial charge in [-0.15, -0.1) is 0 Å². The van der Waals surface area contributed by atoms with E-state index in [2.05, 4.69) is 3.85 Å². The van der Waals surface area contributed by atoms with Crippen molar-refractivity contribution in [3.05, 3.63) is 0 Å². The molecule has 32 valence electrons. The molecule has 0 saturated carbocycles. The summed E-state index contributed by atoms with van der Waals surface area (Å²) < 4.78 is 4.24. The molecule has 0 aliphatic carbocycles. The minimum atomic E-state index is 0.299.